The zero-order valence-corrected chi connectivity index (χ0v) is 8.64. The van der Waals surface area contributed by atoms with Gasteiger partial charge in [0.2, 0.25) is 6.29 Å². The van der Waals surface area contributed by atoms with Gasteiger partial charge in [0.1, 0.15) is 0 Å². The van der Waals surface area contributed by atoms with E-state index < -0.39 is 5.91 Å². The number of nitrogens with one attached hydrogen (secondary N) is 1. The number of carbonyl (C=O) groups is 1. The molecule has 1 aromatic rings. The van der Waals surface area contributed by atoms with Crippen LogP contribution in [0.1, 0.15) is 5.69 Å². The van der Waals surface area contributed by atoms with Gasteiger partial charge in [-0.3, -0.25) is 14.6 Å². The second-order valence-electron chi connectivity index (χ2n) is 2.91. The van der Waals surface area contributed by atoms with Crippen LogP contribution in [0, 0.1) is 0 Å². The van der Waals surface area contributed by atoms with E-state index in [9.17, 15) is 9.59 Å². The molecular formula is C12H11N2O2. The van der Waals surface area contributed by atoms with Crippen LogP contribution in [0.4, 0.5) is 0 Å². The second-order valence-corrected chi connectivity index (χ2v) is 2.91. The van der Waals surface area contributed by atoms with E-state index in [1.165, 1.54) is 12.2 Å². The number of amides is 1. The molecule has 1 aromatic heterocycles. The van der Waals surface area contributed by atoms with Gasteiger partial charge in [0.05, 0.1) is 11.3 Å². The highest BCUT2D eigenvalue weighted by atomic mass is 16.2. The van der Waals surface area contributed by atoms with E-state index in [2.05, 4.69) is 16.9 Å². The maximum atomic E-state index is 11.4. The molecule has 0 aliphatic carbocycles. The highest BCUT2D eigenvalue weighted by molar-refractivity contribution is 6.14. The first-order valence-corrected chi connectivity index (χ1v) is 4.68. The van der Waals surface area contributed by atoms with Crippen molar-refractivity contribution in [2.45, 2.75) is 0 Å². The molecule has 0 bridgehead atoms. The topological polar surface area (TPSA) is 59.1 Å². The summed E-state index contributed by atoms with van der Waals surface area (Å²) < 4.78 is 0. The Bertz CT molecular complexity index is 410. The number of hydrogen-bond acceptors (Lipinski definition) is 3. The van der Waals surface area contributed by atoms with Crippen molar-refractivity contribution in [2.75, 3.05) is 6.54 Å². The summed E-state index contributed by atoms with van der Waals surface area (Å²) in [7, 11) is 0. The zero-order chi connectivity index (χ0) is 11.8. The molecule has 0 saturated carbocycles. The summed E-state index contributed by atoms with van der Waals surface area (Å²) in [5, 5.41) is 2.49. The summed E-state index contributed by atoms with van der Waals surface area (Å²) in [6.45, 7) is 3.76. The summed E-state index contributed by atoms with van der Waals surface area (Å²) >= 11 is 0. The Morgan fingerprint density at radius 1 is 1.56 bits per heavy atom. The highest BCUT2D eigenvalue weighted by Crippen LogP contribution is 2.01. The quantitative estimate of drug-likeness (QED) is 0.343. The molecular weight excluding hydrogens is 204 g/mol. The summed E-state index contributed by atoms with van der Waals surface area (Å²) in [6.07, 6.45) is 6.07. The molecule has 16 heavy (non-hydrogen) atoms. The number of hydrogen-bond donors (Lipinski definition) is 1. The fourth-order valence-electron chi connectivity index (χ4n) is 1.01. The minimum absolute atomic E-state index is 0.0828. The summed E-state index contributed by atoms with van der Waals surface area (Å²) in [4.78, 5) is 26.0. The number of carbonyl (C=O) groups excluding carboxylic acids is 2. The molecule has 1 amide bonds. The zero-order valence-electron chi connectivity index (χ0n) is 8.64. The van der Waals surface area contributed by atoms with Gasteiger partial charge in [0.25, 0.3) is 5.91 Å². The van der Waals surface area contributed by atoms with Gasteiger partial charge in [-0.2, -0.15) is 0 Å². The Labute approximate surface area is 93.7 Å². The van der Waals surface area contributed by atoms with Crippen LogP contribution in [0.15, 0.2) is 42.6 Å². The molecule has 0 fully saturated rings. The predicted molar refractivity (Wildman–Crippen MR) is 61.1 cm³/mol. The van der Waals surface area contributed by atoms with Crippen molar-refractivity contribution in [2.24, 2.45) is 0 Å². The molecule has 1 rings (SSSR count). The monoisotopic (exact) mass is 215 g/mol. The normalized spacial score (nSPS) is 10.6. The van der Waals surface area contributed by atoms with E-state index in [-0.39, 0.29) is 5.57 Å². The van der Waals surface area contributed by atoms with Crippen molar-refractivity contribution in [3.05, 3.63) is 48.3 Å². The standard InChI is InChI=1S/C12H11N2O2/c1-2-6-14-12(16)10(9-15)8-11-5-3-4-7-13-11/h2-5,7-8H,1,6H2,(H,14,16). The van der Waals surface area contributed by atoms with E-state index >= 15 is 0 Å². The maximum Gasteiger partial charge on any atom is 0.255 e. The van der Waals surface area contributed by atoms with Crippen molar-refractivity contribution in [1.82, 2.24) is 10.3 Å². The van der Waals surface area contributed by atoms with Crippen molar-refractivity contribution in [1.29, 1.82) is 0 Å². The Morgan fingerprint density at radius 3 is 2.94 bits per heavy atom. The van der Waals surface area contributed by atoms with E-state index in [1.54, 1.807) is 30.7 Å². The average Bonchev–Trinajstić information content (AvgIpc) is 2.34. The Kier molecular flexibility index (Phi) is 4.66. The molecule has 0 aliphatic rings. The van der Waals surface area contributed by atoms with Crippen LogP contribution in [-0.2, 0) is 9.59 Å². The lowest BCUT2D eigenvalue weighted by Gasteiger charge is -2.00. The maximum absolute atomic E-state index is 11.4. The first kappa shape index (κ1) is 11.8. The number of rotatable bonds is 5. The van der Waals surface area contributed by atoms with Crippen LogP contribution in [0.3, 0.4) is 0 Å². The van der Waals surface area contributed by atoms with E-state index in [1.807, 2.05) is 0 Å². The third-order valence-electron chi connectivity index (χ3n) is 1.74. The second kappa shape index (κ2) is 6.29. The molecule has 0 saturated heterocycles. The Hall–Kier alpha value is -2.23. The van der Waals surface area contributed by atoms with Gasteiger partial charge in [-0.15, -0.1) is 6.58 Å². The van der Waals surface area contributed by atoms with Crippen LogP contribution in [0.25, 0.3) is 6.08 Å². The lowest BCUT2D eigenvalue weighted by atomic mass is 10.2. The fourth-order valence-corrected chi connectivity index (χ4v) is 1.01. The first-order valence-electron chi connectivity index (χ1n) is 4.68. The smallest absolute Gasteiger partial charge is 0.255 e. The van der Waals surface area contributed by atoms with Crippen molar-refractivity contribution in [3.8, 4) is 0 Å². The van der Waals surface area contributed by atoms with E-state index in [4.69, 9.17) is 0 Å². The SMILES string of the molecule is C=CCNC(=O)C([C]=O)=Cc1ccccn1. The van der Waals surface area contributed by atoms with Gasteiger partial charge in [-0.05, 0) is 18.2 Å². The third-order valence-corrected chi connectivity index (χ3v) is 1.74. The predicted octanol–water partition coefficient (Wildman–Crippen LogP) is 0.877. The van der Waals surface area contributed by atoms with Crippen LogP contribution in [0.2, 0.25) is 0 Å². The molecule has 0 unspecified atom stereocenters. The van der Waals surface area contributed by atoms with Crippen LogP contribution >= 0.6 is 0 Å². The number of aromatic nitrogens is 1. The molecule has 0 spiro atoms. The Morgan fingerprint density at radius 2 is 2.38 bits per heavy atom. The minimum Gasteiger partial charge on any atom is -0.348 e. The van der Waals surface area contributed by atoms with Gasteiger partial charge in [0, 0.05) is 12.7 Å². The van der Waals surface area contributed by atoms with Crippen molar-refractivity contribution >= 4 is 18.3 Å². The van der Waals surface area contributed by atoms with Gasteiger partial charge in [-0.25, -0.2) is 0 Å². The molecule has 0 aliphatic heterocycles. The molecule has 0 atom stereocenters. The number of pyridine rings is 1. The van der Waals surface area contributed by atoms with Gasteiger partial charge in [0.15, 0.2) is 0 Å². The Balaban J connectivity index is 2.81. The third kappa shape index (κ3) is 3.49. The average molecular weight is 215 g/mol. The summed E-state index contributed by atoms with van der Waals surface area (Å²) in [6, 6.07) is 5.21. The van der Waals surface area contributed by atoms with Crippen LogP contribution < -0.4 is 5.32 Å². The molecule has 1 heterocycles. The highest BCUT2D eigenvalue weighted by Gasteiger charge is 2.08. The fraction of sp³-hybridized carbons (Fsp3) is 0.0833. The molecule has 4 heteroatoms. The molecule has 81 valence electrons. The number of nitrogens with zero attached hydrogens (tertiary/aromatic N) is 1. The lowest BCUT2D eigenvalue weighted by molar-refractivity contribution is -0.116. The molecule has 1 radical (unpaired) electrons. The van der Waals surface area contributed by atoms with Crippen LogP contribution in [-0.4, -0.2) is 23.7 Å². The molecule has 1 N–H and O–H groups in total. The molecule has 0 aromatic carbocycles. The van der Waals surface area contributed by atoms with Gasteiger partial charge < -0.3 is 5.32 Å². The summed E-state index contributed by atoms with van der Waals surface area (Å²) in [5.74, 6) is -0.486. The first-order chi connectivity index (χ1) is 7.77. The van der Waals surface area contributed by atoms with Crippen molar-refractivity contribution < 1.29 is 9.59 Å². The van der Waals surface area contributed by atoms with E-state index in [0.29, 0.717) is 12.2 Å². The molecule has 4 nitrogen and oxygen atoms in total. The van der Waals surface area contributed by atoms with Gasteiger partial charge in [-0.1, -0.05) is 12.1 Å². The largest absolute Gasteiger partial charge is 0.348 e. The van der Waals surface area contributed by atoms with E-state index in [0.717, 1.165) is 0 Å². The van der Waals surface area contributed by atoms with Crippen molar-refractivity contribution in [3.63, 3.8) is 0 Å². The van der Waals surface area contributed by atoms with Crippen LogP contribution in [0.5, 0.6) is 0 Å². The van der Waals surface area contributed by atoms with Gasteiger partial charge >= 0.3 is 0 Å². The summed E-state index contributed by atoms with van der Waals surface area (Å²) in [5.41, 5.74) is 0.454. The minimum atomic E-state index is -0.486. The lowest BCUT2D eigenvalue weighted by Crippen LogP contribution is -2.25.